The van der Waals surface area contributed by atoms with Gasteiger partial charge in [-0.3, -0.25) is 0 Å². The van der Waals surface area contributed by atoms with Crippen LogP contribution in [-0.2, 0) is 28.0 Å². The van der Waals surface area contributed by atoms with Crippen molar-refractivity contribution in [1.29, 1.82) is 0 Å². The minimum absolute atomic E-state index is 0.0305. The highest BCUT2D eigenvalue weighted by Gasteiger charge is 2.21. The number of hydrogen-bond donors (Lipinski definition) is 2. The fraction of sp³-hybridized carbons (Fsp3) is 0.235. The number of nitrogens with zero attached hydrogens (tertiary/aromatic N) is 3. The van der Waals surface area contributed by atoms with E-state index in [-0.39, 0.29) is 17.5 Å². The highest BCUT2D eigenvalue weighted by molar-refractivity contribution is 8.00. The lowest BCUT2D eigenvalue weighted by molar-refractivity contribution is 0.103. The molecule has 0 bridgehead atoms. The van der Waals surface area contributed by atoms with Gasteiger partial charge in [0.25, 0.3) is 0 Å². The van der Waals surface area contributed by atoms with Gasteiger partial charge in [-0.15, -0.1) is 0 Å². The standard InChI is InChI=1S/C17H16ClN5O3S2/c18-12-6-10-8-26-7-9-2-1-3-11(13(9)10)14(12)15-21-16(19)23-17(22-15)27-4-5-28(20,24)25/h1-3,6H,4-5,7-8H2,(H2,20,24,25)(H2,19,21,22,23). The van der Waals surface area contributed by atoms with Crippen LogP contribution in [0.25, 0.3) is 22.2 Å². The van der Waals surface area contributed by atoms with Gasteiger partial charge in [0.05, 0.1) is 24.0 Å². The van der Waals surface area contributed by atoms with Crippen LogP contribution in [-0.4, -0.2) is 34.9 Å². The van der Waals surface area contributed by atoms with Gasteiger partial charge < -0.3 is 10.5 Å². The number of ether oxygens (including phenoxy) is 1. The zero-order valence-electron chi connectivity index (χ0n) is 14.6. The summed E-state index contributed by atoms with van der Waals surface area (Å²) < 4.78 is 27.9. The molecule has 3 aromatic rings. The van der Waals surface area contributed by atoms with Crippen LogP contribution in [0.1, 0.15) is 11.1 Å². The number of primary sulfonamides is 1. The molecule has 4 N–H and O–H groups in total. The Morgan fingerprint density at radius 2 is 1.96 bits per heavy atom. The molecule has 0 saturated heterocycles. The van der Waals surface area contributed by atoms with E-state index in [0.717, 1.165) is 33.7 Å². The van der Waals surface area contributed by atoms with Gasteiger partial charge in [-0.2, -0.15) is 9.97 Å². The monoisotopic (exact) mass is 437 g/mol. The van der Waals surface area contributed by atoms with Crippen molar-refractivity contribution in [1.82, 2.24) is 15.0 Å². The fourth-order valence-electron chi connectivity index (χ4n) is 3.14. The molecule has 4 rings (SSSR count). The highest BCUT2D eigenvalue weighted by Crippen LogP contribution is 2.39. The predicted octanol–water partition coefficient (Wildman–Crippen LogP) is 2.34. The van der Waals surface area contributed by atoms with Gasteiger partial charge in [0, 0.05) is 11.3 Å². The largest absolute Gasteiger partial charge is 0.372 e. The van der Waals surface area contributed by atoms with E-state index in [2.05, 4.69) is 15.0 Å². The second-order valence-electron chi connectivity index (χ2n) is 6.24. The van der Waals surface area contributed by atoms with Gasteiger partial charge in [0.2, 0.25) is 16.0 Å². The third kappa shape index (κ3) is 3.91. The Labute approximate surface area is 170 Å². The first-order valence-corrected chi connectivity index (χ1v) is 11.4. The Balaban J connectivity index is 1.81. The third-order valence-corrected chi connectivity index (χ3v) is 6.43. The number of rotatable bonds is 5. The van der Waals surface area contributed by atoms with E-state index in [9.17, 15) is 8.42 Å². The van der Waals surface area contributed by atoms with Gasteiger partial charge >= 0.3 is 0 Å². The van der Waals surface area contributed by atoms with Crippen molar-refractivity contribution in [3.05, 3.63) is 40.4 Å². The Bertz CT molecular complexity index is 1190. The van der Waals surface area contributed by atoms with Crippen molar-refractivity contribution >= 4 is 50.1 Å². The number of nitrogens with two attached hydrogens (primary N) is 2. The lowest BCUT2D eigenvalue weighted by Gasteiger charge is -2.20. The molecule has 146 valence electrons. The van der Waals surface area contributed by atoms with E-state index in [1.54, 1.807) is 0 Å². The number of anilines is 1. The van der Waals surface area contributed by atoms with Crippen molar-refractivity contribution in [2.75, 3.05) is 17.2 Å². The maximum atomic E-state index is 11.1. The number of sulfonamides is 1. The number of hydrogen-bond acceptors (Lipinski definition) is 8. The molecule has 0 radical (unpaired) electrons. The van der Waals surface area contributed by atoms with Crippen molar-refractivity contribution in [3.8, 4) is 11.4 Å². The summed E-state index contributed by atoms with van der Waals surface area (Å²) in [6, 6.07) is 7.76. The summed E-state index contributed by atoms with van der Waals surface area (Å²) in [5.74, 6) is 0.380. The predicted molar refractivity (Wildman–Crippen MR) is 109 cm³/mol. The first kappa shape index (κ1) is 19.3. The summed E-state index contributed by atoms with van der Waals surface area (Å²) in [6.45, 7) is 1.01. The van der Waals surface area contributed by atoms with Crippen molar-refractivity contribution in [2.45, 2.75) is 18.4 Å². The van der Waals surface area contributed by atoms with Crippen molar-refractivity contribution < 1.29 is 13.2 Å². The minimum Gasteiger partial charge on any atom is -0.372 e. The van der Waals surface area contributed by atoms with Gasteiger partial charge in [-0.1, -0.05) is 41.6 Å². The molecule has 1 aliphatic rings. The first-order chi connectivity index (χ1) is 13.3. The maximum Gasteiger partial charge on any atom is 0.224 e. The van der Waals surface area contributed by atoms with Crippen LogP contribution in [0, 0.1) is 0 Å². The molecule has 2 aromatic carbocycles. The van der Waals surface area contributed by atoms with Crippen LogP contribution in [0.5, 0.6) is 0 Å². The molecule has 0 saturated carbocycles. The minimum atomic E-state index is -3.56. The maximum absolute atomic E-state index is 11.1. The Morgan fingerprint density at radius 3 is 2.75 bits per heavy atom. The number of thioether (sulfide) groups is 1. The van der Waals surface area contributed by atoms with E-state index in [1.165, 1.54) is 0 Å². The van der Waals surface area contributed by atoms with E-state index in [4.69, 9.17) is 27.2 Å². The van der Waals surface area contributed by atoms with Crippen LogP contribution in [0.15, 0.2) is 29.4 Å². The molecule has 1 aliphatic heterocycles. The summed E-state index contributed by atoms with van der Waals surface area (Å²) in [5, 5.41) is 7.82. The van der Waals surface area contributed by atoms with Crippen LogP contribution in [0.4, 0.5) is 5.95 Å². The SMILES string of the molecule is Nc1nc(SCCS(N)(=O)=O)nc(-c2c(Cl)cc3c4c(cccc24)COC3)n1. The van der Waals surface area contributed by atoms with Crippen LogP contribution in [0.3, 0.4) is 0 Å². The lowest BCUT2D eigenvalue weighted by atomic mass is 9.94. The fourth-order valence-corrected chi connectivity index (χ4v) is 5.22. The number of nitrogen functional groups attached to an aromatic ring is 1. The first-order valence-electron chi connectivity index (χ1n) is 8.28. The van der Waals surface area contributed by atoms with Gasteiger partial charge in [-0.05, 0) is 28.0 Å². The molecule has 0 unspecified atom stereocenters. The third-order valence-electron chi connectivity index (χ3n) is 4.25. The summed E-state index contributed by atoms with van der Waals surface area (Å²) >= 11 is 7.71. The summed E-state index contributed by atoms with van der Waals surface area (Å²) in [5.41, 5.74) is 8.60. The normalized spacial score (nSPS) is 13.8. The van der Waals surface area contributed by atoms with E-state index in [1.807, 2.05) is 24.3 Å². The molecule has 2 heterocycles. The molecule has 11 heteroatoms. The molecule has 28 heavy (non-hydrogen) atoms. The topological polar surface area (TPSA) is 134 Å². The van der Waals surface area contributed by atoms with Crippen LogP contribution < -0.4 is 10.9 Å². The average Bonchev–Trinajstić information content (AvgIpc) is 2.60. The zero-order chi connectivity index (χ0) is 19.9. The number of benzene rings is 2. The van der Waals surface area contributed by atoms with Crippen LogP contribution in [0.2, 0.25) is 5.02 Å². The Kier molecular flexibility index (Phi) is 5.15. The lowest BCUT2D eigenvalue weighted by Crippen LogP contribution is -2.18. The average molecular weight is 438 g/mol. The number of halogens is 1. The smallest absolute Gasteiger partial charge is 0.224 e. The van der Waals surface area contributed by atoms with E-state index < -0.39 is 10.0 Å². The summed E-state index contributed by atoms with van der Waals surface area (Å²) in [7, 11) is -3.56. The summed E-state index contributed by atoms with van der Waals surface area (Å²) in [4.78, 5) is 12.8. The zero-order valence-corrected chi connectivity index (χ0v) is 16.9. The molecule has 0 amide bonds. The molecular formula is C17H16ClN5O3S2. The molecule has 1 aromatic heterocycles. The second kappa shape index (κ2) is 7.45. The van der Waals surface area contributed by atoms with Gasteiger partial charge in [-0.25, -0.2) is 18.5 Å². The van der Waals surface area contributed by atoms with E-state index in [0.29, 0.717) is 34.8 Å². The Hall–Kier alpha value is -1.98. The molecule has 0 atom stereocenters. The summed E-state index contributed by atoms with van der Waals surface area (Å²) in [6.07, 6.45) is 0. The second-order valence-corrected chi connectivity index (χ2v) is 9.44. The quantitative estimate of drug-likeness (QED) is 0.580. The van der Waals surface area contributed by atoms with Crippen molar-refractivity contribution in [2.24, 2.45) is 5.14 Å². The number of aromatic nitrogens is 3. The van der Waals surface area contributed by atoms with Gasteiger partial charge in [0.15, 0.2) is 11.0 Å². The highest BCUT2D eigenvalue weighted by atomic mass is 35.5. The van der Waals surface area contributed by atoms with E-state index >= 15 is 0 Å². The molecule has 0 aliphatic carbocycles. The van der Waals surface area contributed by atoms with Crippen molar-refractivity contribution in [3.63, 3.8) is 0 Å². The molecule has 8 nitrogen and oxygen atoms in total. The van der Waals surface area contributed by atoms with Gasteiger partial charge in [0.1, 0.15) is 0 Å². The van der Waals surface area contributed by atoms with Crippen LogP contribution >= 0.6 is 23.4 Å². The Morgan fingerprint density at radius 1 is 1.18 bits per heavy atom. The molecule has 0 spiro atoms. The molecule has 0 fully saturated rings. The molecular weight excluding hydrogens is 422 g/mol.